The van der Waals surface area contributed by atoms with Crippen LogP contribution >= 0.6 is 0 Å². The number of hydrogen-bond acceptors (Lipinski definition) is 5. The standard InChI is InChI=1S/C14H26N4O2S/c1-6-8-16-12-7-9-15-10-13(12)21(19,20)17-11-14(2,3)18(4)5/h7,9-10,17H,6,8,11H2,1-5H3,(H,15,16). The number of likely N-dealkylation sites (N-methyl/N-ethyl adjacent to an activating group) is 1. The summed E-state index contributed by atoms with van der Waals surface area (Å²) in [5.41, 5.74) is 0.314. The molecule has 1 aromatic rings. The number of nitrogens with zero attached hydrogens (tertiary/aromatic N) is 2. The predicted octanol–water partition coefficient (Wildman–Crippen LogP) is 1.52. The summed E-state index contributed by atoms with van der Waals surface area (Å²) < 4.78 is 27.6. The molecule has 0 amide bonds. The van der Waals surface area contributed by atoms with Gasteiger partial charge in [-0.25, -0.2) is 13.1 Å². The maximum absolute atomic E-state index is 12.5. The molecular formula is C14H26N4O2S. The first kappa shape index (κ1) is 17.9. The highest BCUT2D eigenvalue weighted by atomic mass is 32.2. The van der Waals surface area contributed by atoms with E-state index < -0.39 is 10.0 Å². The zero-order valence-corrected chi connectivity index (χ0v) is 14.3. The van der Waals surface area contributed by atoms with Crippen LogP contribution in [-0.4, -0.2) is 51.0 Å². The molecule has 21 heavy (non-hydrogen) atoms. The summed E-state index contributed by atoms with van der Waals surface area (Å²) in [6.45, 7) is 7.03. The van der Waals surface area contributed by atoms with Crippen LogP contribution in [0, 0.1) is 0 Å². The molecule has 0 bridgehead atoms. The van der Waals surface area contributed by atoms with Crippen LogP contribution in [0.4, 0.5) is 5.69 Å². The lowest BCUT2D eigenvalue weighted by Gasteiger charge is -2.32. The highest BCUT2D eigenvalue weighted by Crippen LogP contribution is 2.20. The Labute approximate surface area is 128 Å². The van der Waals surface area contributed by atoms with Crippen LogP contribution in [0.3, 0.4) is 0 Å². The van der Waals surface area contributed by atoms with Gasteiger partial charge in [0.15, 0.2) is 0 Å². The summed E-state index contributed by atoms with van der Waals surface area (Å²) >= 11 is 0. The normalized spacial score (nSPS) is 12.7. The Morgan fingerprint density at radius 3 is 2.57 bits per heavy atom. The average Bonchev–Trinajstić information content (AvgIpc) is 2.43. The van der Waals surface area contributed by atoms with Crippen molar-refractivity contribution in [2.24, 2.45) is 0 Å². The van der Waals surface area contributed by atoms with E-state index in [1.54, 1.807) is 12.3 Å². The molecule has 0 atom stereocenters. The lowest BCUT2D eigenvalue weighted by molar-refractivity contribution is 0.199. The van der Waals surface area contributed by atoms with E-state index in [1.807, 2.05) is 39.8 Å². The lowest BCUT2D eigenvalue weighted by Crippen LogP contribution is -2.48. The van der Waals surface area contributed by atoms with E-state index in [9.17, 15) is 8.42 Å². The minimum atomic E-state index is -3.59. The molecule has 0 saturated carbocycles. The van der Waals surface area contributed by atoms with E-state index in [1.165, 1.54) is 6.20 Å². The minimum absolute atomic E-state index is 0.188. The molecule has 1 heterocycles. The van der Waals surface area contributed by atoms with E-state index in [4.69, 9.17) is 0 Å². The van der Waals surface area contributed by atoms with Crippen LogP contribution in [0.1, 0.15) is 27.2 Å². The van der Waals surface area contributed by atoms with Gasteiger partial charge in [-0.15, -0.1) is 0 Å². The second kappa shape index (κ2) is 7.20. The largest absolute Gasteiger partial charge is 0.384 e. The monoisotopic (exact) mass is 314 g/mol. The number of pyridine rings is 1. The average molecular weight is 314 g/mol. The molecule has 1 aromatic heterocycles. The second-order valence-corrected chi connectivity index (χ2v) is 7.57. The molecule has 6 nitrogen and oxygen atoms in total. The van der Waals surface area contributed by atoms with Crippen LogP contribution in [0.5, 0.6) is 0 Å². The Hall–Kier alpha value is -1.18. The zero-order valence-electron chi connectivity index (χ0n) is 13.5. The number of sulfonamides is 1. The van der Waals surface area contributed by atoms with Crippen LogP contribution in [0.25, 0.3) is 0 Å². The van der Waals surface area contributed by atoms with Gasteiger partial charge < -0.3 is 10.2 Å². The summed E-state index contributed by atoms with van der Waals surface area (Å²) in [7, 11) is 0.257. The molecular weight excluding hydrogens is 288 g/mol. The third-order valence-corrected chi connectivity index (χ3v) is 4.97. The van der Waals surface area contributed by atoms with Gasteiger partial charge in [0, 0.05) is 31.0 Å². The molecule has 2 N–H and O–H groups in total. The fraction of sp³-hybridized carbons (Fsp3) is 0.643. The van der Waals surface area contributed by atoms with Crippen molar-refractivity contribution in [3.63, 3.8) is 0 Å². The number of hydrogen-bond donors (Lipinski definition) is 2. The highest BCUT2D eigenvalue weighted by Gasteiger charge is 2.25. The molecule has 1 rings (SSSR count). The Balaban J connectivity index is 2.93. The quantitative estimate of drug-likeness (QED) is 0.761. The van der Waals surface area contributed by atoms with Crippen LogP contribution in [0.15, 0.2) is 23.4 Å². The van der Waals surface area contributed by atoms with E-state index in [2.05, 4.69) is 15.0 Å². The van der Waals surface area contributed by atoms with Crippen molar-refractivity contribution in [3.8, 4) is 0 Å². The molecule has 0 aromatic carbocycles. The van der Waals surface area contributed by atoms with E-state index >= 15 is 0 Å². The maximum Gasteiger partial charge on any atom is 0.244 e. The van der Waals surface area contributed by atoms with E-state index in [-0.39, 0.29) is 10.4 Å². The first-order valence-electron chi connectivity index (χ1n) is 7.05. The van der Waals surface area contributed by atoms with Crippen molar-refractivity contribution >= 4 is 15.7 Å². The number of anilines is 1. The van der Waals surface area contributed by atoms with Gasteiger partial charge in [-0.1, -0.05) is 6.92 Å². The van der Waals surface area contributed by atoms with Gasteiger partial charge in [0.05, 0.1) is 5.69 Å². The Morgan fingerprint density at radius 2 is 2.00 bits per heavy atom. The molecule has 0 aliphatic rings. The lowest BCUT2D eigenvalue weighted by atomic mass is 10.1. The Kier molecular flexibility index (Phi) is 6.12. The van der Waals surface area contributed by atoms with Crippen molar-refractivity contribution < 1.29 is 8.42 Å². The van der Waals surface area contributed by atoms with Gasteiger partial charge in [0.1, 0.15) is 4.90 Å². The second-order valence-electron chi connectivity index (χ2n) is 5.83. The molecule has 0 saturated heterocycles. The third kappa shape index (κ3) is 4.94. The van der Waals surface area contributed by atoms with Gasteiger partial charge in [0.25, 0.3) is 0 Å². The maximum atomic E-state index is 12.5. The summed E-state index contributed by atoms with van der Waals surface area (Å²) in [6, 6.07) is 1.68. The fourth-order valence-corrected chi connectivity index (χ4v) is 2.84. The van der Waals surface area contributed by atoms with Gasteiger partial charge in [-0.3, -0.25) is 4.98 Å². The first-order valence-corrected chi connectivity index (χ1v) is 8.54. The molecule has 0 aliphatic heterocycles. The van der Waals surface area contributed by atoms with Crippen molar-refractivity contribution in [1.82, 2.24) is 14.6 Å². The van der Waals surface area contributed by atoms with E-state index in [0.717, 1.165) is 13.0 Å². The van der Waals surface area contributed by atoms with Crippen LogP contribution in [0.2, 0.25) is 0 Å². The zero-order chi connectivity index (χ0) is 16.1. The van der Waals surface area contributed by atoms with Crippen molar-refractivity contribution in [3.05, 3.63) is 18.5 Å². The van der Waals surface area contributed by atoms with Gasteiger partial charge >= 0.3 is 0 Å². The predicted molar refractivity (Wildman–Crippen MR) is 86.0 cm³/mol. The molecule has 120 valence electrons. The van der Waals surface area contributed by atoms with Gasteiger partial charge in [-0.2, -0.15) is 0 Å². The Bertz CT molecular complexity index is 556. The van der Waals surface area contributed by atoms with Gasteiger partial charge in [0.2, 0.25) is 10.0 Å². The van der Waals surface area contributed by atoms with Crippen LogP contribution in [-0.2, 0) is 10.0 Å². The van der Waals surface area contributed by atoms with Crippen LogP contribution < -0.4 is 10.0 Å². The van der Waals surface area contributed by atoms with E-state index in [0.29, 0.717) is 12.2 Å². The highest BCUT2D eigenvalue weighted by molar-refractivity contribution is 7.89. The minimum Gasteiger partial charge on any atom is -0.384 e. The molecule has 0 fully saturated rings. The molecule has 0 radical (unpaired) electrons. The fourth-order valence-electron chi connectivity index (χ4n) is 1.51. The topological polar surface area (TPSA) is 74.3 Å². The van der Waals surface area contributed by atoms with Crippen molar-refractivity contribution in [2.75, 3.05) is 32.5 Å². The van der Waals surface area contributed by atoms with Gasteiger partial charge in [-0.05, 0) is 40.4 Å². The molecule has 0 unspecified atom stereocenters. The first-order chi connectivity index (χ1) is 9.70. The number of nitrogens with one attached hydrogen (secondary N) is 2. The SMILES string of the molecule is CCCNc1ccncc1S(=O)(=O)NCC(C)(C)N(C)C. The third-order valence-electron chi connectivity index (χ3n) is 3.54. The summed E-state index contributed by atoms with van der Waals surface area (Å²) in [5.74, 6) is 0. The summed E-state index contributed by atoms with van der Waals surface area (Å²) in [5, 5.41) is 3.12. The number of aromatic nitrogens is 1. The number of rotatable bonds is 8. The summed E-state index contributed by atoms with van der Waals surface area (Å²) in [6.07, 6.45) is 3.88. The summed E-state index contributed by atoms with van der Waals surface area (Å²) in [4.78, 5) is 6.10. The Morgan fingerprint density at radius 1 is 1.33 bits per heavy atom. The molecule has 0 spiro atoms. The smallest absolute Gasteiger partial charge is 0.244 e. The van der Waals surface area contributed by atoms with Crippen molar-refractivity contribution in [1.29, 1.82) is 0 Å². The molecule has 7 heteroatoms. The molecule has 0 aliphatic carbocycles. The van der Waals surface area contributed by atoms with Crippen molar-refractivity contribution in [2.45, 2.75) is 37.6 Å².